The molecule has 1 heterocycles. The molecule has 0 spiro atoms. The van der Waals surface area contributed by atoms with Gasteiger partial charge in [-0.3, -0.25) is 18.2 Å². The van der Waals surface area contributed by atoms with Crippen molar-refractivity contribution in [3.63, 3.8) is 0 Å². The number of amides is 1. The van der Waals surface area contributed by atoms with Crippen molar-refractivity contribution in [3.05, 3.63) is 59.7 Å². The lowest BCUT2D eigenvalue weighted by molar-refractivity contribution is 0.0812. The monoisotopic (exact) mass is 602 g/mol. The molecule has 2 unspecified atom stereocenters. The van der Waals surface area contributed by atoms with E-state index < -0.39 is 22.9 Å². The number of aliphatic hydroxyl groups excluding tert-OH is 1. The largest absolute Gasteiger partial charge is 0.390 e. The Morgan fingerprint density at radius 2 is 1.76 bits per heavy atom. The molecule has 1 amide bonds. The van der Waals surface area contributed by atoms with E-state index in [1.54, 1.807) is 16.4 Å². The lowest BCUT2D eigenvalue weighted by Crippen LogP contribution is -2.52. The zero-order chi connectivity index (χ0) is 30.9. The number of β-amino-alcohol motifs (C(OH)–C–C–N with tert-alkyl or cyclic N) is 1. The van der Waals surface area contributed by atoms with Gasteiger partial charge in [-0.25, -0.2) is 0 Å². The Balaban J connectivity index is 1.82. The number of hydrogen-bond acceptors (Lipinski definition) is 7. The van der Waals surface area contributed by atoms with Gasteiger partial charge in [-0.05, 0) is 83.1 Å². The first-order valence-corrected chi connectivity index (χ1v) is 17.2. The van der Waals surface area contributed by atoms with Crippen LogP contribution in [0.4, 0.5) is 11.4 Å². The van der Waals surface area contributed by atoms with Crippen LogP contribution in [0.5, 0.6) is 0 Å². The van der Waals surface area contributed by atoms with Crippen molar-refractivity contribution in [2.45, 2.75) is 104 Å². The van der Waals surface area contributed by atoms with Crippen LogP contribution >= 0.6 is 10.8 Å². The molecule has 0 bridgehead atoms. The second-order valence-electron chi connectivity index (χ2n) is 13.1. The van der Waals surface area contributed by atoms with E-state index in [2.05, 4.69) is 43.6 Å². The van der Waals surface area contributed by atoms with Gasteiger partial charge in [-0.1, -0.05) is 57.0 Å². The number of aliphatic hydroxyl groups is 1. The third kappa shape index (κ3) is 10.8. The molecule has 1 aliphatic heterocycles. The summed E-state index contributed by atoms with van der Waals surface area (Å²) in [4.78, 5) is 13.8. The zero-order valence-corrected chi connectivity index (χ0v) is 27.2. The highest BCUT2D eigenvalue weighted by Gasteiger charge is 2.29. The molecule has 1 saturated heterocycles. The Hall–Kier alpha value is -2.30. The van der Waals surface area contributed by atoms with Crippen molar-refractivity contribution >= 4 is 28.1 Å². The molecule has 1 aliphatic rings. The average molecular weight is 603 g/mol. The Bertz CT molecular complexity index is 1130. The predicted molar refractivity (Wildman–Crippen MR) is 178 cm³/mol. The van der Waals surface area contributed by atoms with E-state index in [4.69, 9.17) is 0 Å². The molecule has 6 N–H and O–H groups in total. The topological polar surface area (TPSA) is 117 Å². The van der Waals surface area contributed by atoms with Gasteiger partial charge >= 0.3 is 0 Å². The van der Waals surface area contributed by atoms with Crippen LogP contribution in [0.1, 0.15) is 89.6 Å². The van der Waals surface area contributed by atoms with E-state index >= 15 is 0 Å². The molecule has 2 aromatic carbocycles. The molecular formula is C33H54N4O4S. The van der Waals surface area contributed by atoms with Crippen molar-refractivity contribution in [1.29, 1.82) is 0 Å². The minimum absolute atomic E-state index is 0.125. The van der Waals surface area contributed by atoms with E-state index in [1.165, 1.54) is 6.42 Å². The summed E-state index contributed by atoms with van der Waals surface area (Å²) in [5.41, 5.74) is 2.63. The first-order chi connectivity index (χ1) is 19.8. The SMILES string of the molecule is CC(C)CCCC(C)(C)NCC(O)C(Cc1ccccc1)NC(=O)c1cc(NC(C)C)cc(N2CCCCS2(O)O)c1. The summed E-state index contributed by atoms with van der Waals surface area (Å²) in [5, 5.41) is 21.4. The van der Waals surface area contributed by atoms with Gasteiger partial charge in [0.15, 0.2) is 0 Å². The molecule has 9 heteroatoms. The normalized spacial score (nSPS) is 17.6. The van der Waals surface area contributed by atoms with Crippen molar-refractivity contribution in [1.82, 2.24) is 10.6 Å². The molecule has 8 nitrogen and oxygen atoms in total. The fraction of sp³-hybridized carbons (Fsp3) is 0.606. The fourth-order valence-electron chi connectivity index (χ4n) is 5.38. The molecule has 2 aromatic rings. The van der Waals surface area contributed by atoms with Crippen molar-refractivity contribution in [2.24, 2.45) is 5.92 Å². The number of hydrogen-bond donors (Lipinski definition) is 6. The molecule has 3 rings (SSSR count). The average Bonchev–Trinajstić information content (AvgIpc) is 2.90. The Kier molecular flexibility index (Phi) is 12.6. The van der Waals surface area contributed by atoms with Gasteiger partial charge in [0.05, 0.1) is 23.6 Å². The quantitative estimate of drug-likeness (QED) is 0.135. The highest BCUT2D eigenvalue weighted by atomic mass is 32.3. The molecule has 2 atom stereocenters. The van der Waals surface area contributed by atoms with E-state index in [0.717, 1.165) is 36.9 Å². The minimum Gasteiger partial charge on any atom is -0.390 e. The molecule has 0 aromatic heterocycles. The predicted octanol–water partition coefficient (Wildman–Crippen LogP) is 6.67. The number of anilines is 2. The smallest absolute Gasteiger partial charge is 0.251 e. The number of benzene rings is 2. The van der Waals surface area contributed by atoms with E-state index in [1.807, 2.05) is 50.2 Å². The van der Waals surface area contributed by atoms with Gasteiger partial charge in [0.1, 0.15) is 0 Å². The van der Waals surface area contributed by atoms with E-state index in [0.29, 0.717) is 42.4 Å². The van der Waals surface area contributed by atoms with Gasteiger partial charge in [0.2, 0.25) is 0 Å². The highest BCUT2D eigenvalue weighted by molar-refractivity contribution is 8.25. The van der Waals surface area contributed by atoms with Crippen LogP contribution in [0, 0.1) is 5.92 Å². The van der Waals surface area contributed by atoms with Crippen LogP contribution in [-0.2, 0) is 6.42 Å². The maximum Gasteiger partial charge on any atom is 0.251 e. The highest BCUT2D eigenvalue weighted by Crippen LogP contribution is 2.50. The lowest BCUT2D eigenvalue weighted by atomic mass is 9.93. The summed E-state index contributed by atoms with van der Waals surface area (Å²) in [7, 11) is -2.95. The third-order valence-corrected chi connectivity index (χ3v) is 9.69. The molecular weight excluding hydrogens is 548 g/mol. The van der Waals surface area contributed by atoms with Gasteiger partial charge in [-0.2, -0.15) is 0 Å². The molecule has 1 fully saturated rings. The first-order valence-electron chi connectivity index (χ1n) is 15.5. The second kappa shape index (κ2) is 15.4. The van der Waals surface area contributed by atoms with Crippen LogP contribution in [0.2, 0.25) is 0 Å². The molecule has 42 heavy (non-hydrogen) atoms. The van der Waals surface area contributed by atoms with E-state index in [9.17, 15) is 19.0 Å². The van der Waals surface area contributed by atoms with Crippen LogP contribution in [0.3, 0.4) is 0 Å². The number of nitrogens with zero attached hydrogens (tertiary/aromatic N) is 1. The summed E-state index contributed by atoms with van der Waals surface area (Å²) in [6, 6.07) is 14.9. The Morgan fingerprint density at radius 3 is 2.40 bits per heavy atom. The van der Waals surface area contributed by atoms with Crippen molar-refractivity contribution < 1.29 is 19.0 Å². The van der Waals surface area contributed by atoms with Crippen LogP contribution in [-0.4, -0.2) is 62.7 Å². The zero-order valence-electron chi connectivity index (χ0n) is 26.4. The first kappa shape index (κ1) is 34.2. The van der Waals surface area contributed by atoms with Gasteiger partial charge < -0.3 is 21.1 Å². The maximum atomic E-state index is 13.8. The maximum absolute atomic E-state index is 13.8. The van der Waals surface area contributed by atoms with Crippen LogP contribution in [0.15, 0.2) is 48.5 Å². The summed E-state index contributed by atoms with van der Waals surface area (Å²) >= 11 is 0. The van der Waals surface area contributed by atoms with Crippen LogP contribution in [0.25, 0.3) is 0 Å². The number of carbonyl (C=O) groups is 1. The second-order valence-corrected chi connectivity index (χ2v) is 15.2. The summed E-state index contributed by atoms with van der Waals surface area (Å²) in [6.07, 6.45) is 4.56. The van der Waals surface area contributed by atoms with Crippen LogP contribution < -0.4 is 20.3 Å². The molecule has 0 saturated carbocycles. The number of nitrogens with one attached hydrogen (secondary N) is 3. The van der Waals surface area contributed by atoms with Gasteiger partial charge in [0.25, 0.3) is 5.91 Å². The van der Waals surface area contributed by atoms with E-state index in [-0.39, 0.29) is 17.5 Å². The van der Waals surface area contributed by atoms with Crippen molar-refractivity contribution in [3.8, 4) is 0 Å². The minimum atomic E-state index is -2.95. The Morgan fingerprint density at radius 1 is 1.05 bits per heavy atom. The van der Waals surface area contributed by atoms with Gasteiger partial charge in [0, 0.05) is 35.9 Å². The van der Waals surface area contributed by atoms with Gasteiger partial charge in [-0.15, -0.1) is 10.8 Å². The standard InChI is InChI=1S/C33H54N4O4S/c1-24(2)13-12-16-33(5,6)34-23-31(38)30(19-26-14-8-7-9-15-26)36-32(39)27-20-28(35-25(3)4)22-29(21-27)37-17-10-11-18-42(37,40)41/h7-9,14-15,20-22,24-25,30-31,34-35,38,40-41H,10-13,16-19,23H2,1-6H3,(H,36,39). The third-order valence-electron chi connectivity index (χ3n) is 7.76. The number of rotatable bonds is 15. The Labute approximate surface area is 255 Å². The summed E-state index contributed by atoms with van der Waals surface area (Å²) in [6.45, 7) is 13.7. The lowest BCUT2D eigenvalue weighted by Gasteiger charge is -2.47. The summed E-state index contributed by atoms with van der Waals surface area (Å²) < 4.78 is 23.2. The van der Waals surface area contributed by atoms with Crippen molar-refractivity contribution in [2.75, 3.05) is 28.5 Å². The molecule has 236 valence electrons. The summed E-state index contributed by atoms with van der Waals surface area (Å²) in [5.74, 6) is 0.671. The number of carbonyl (C=O) groups excluding carboxylic acids is 1. The molecule has 0 aliphatic carbocycles. The molecule has 0 radical (unpaired) electrons. The fourth-order valence-corrected chi connectivity index (χ4v) is 7.05.